The van der Waals surface area contributed by atoms with E-state index in [9.17, 15) is 0 Å². The van der Waals surface area contributed by atoms with Gasteiger partial charge in [-0.15, -0.1) is 0 Å². The molecule has 0 bridgehead atoms. The Kier molecular flexibility index (Phi) is 3.98. The Morgan fingerprint density at radius 3 is 2.50 bits per heavy atom. The van der Waals surface area contributed by atoms with Crippen molar-refractivity contribution in [2.75, 3.05) is 0 Å². The Bertz CT molecular complexity index is 348. The van der Waals surface area contributed by atoms with Crippen LogP contribution in [-0.2, 0) is 0 Å². The van der Waals surface area contributed by atoms with Crippen LogP contribution in [0.25, 0.3) is 0 Å². The second-order valence-electron chi connectivity index (χ2n) is 3.36. The number of halogens is 1. The van der Waals surface area contributed by atoms with Gasteiger partial charge in [0.05, 0.1) is 11.6 Å². The molecule has 0 amide bonds. The van der Waals surface area contributed by atoms with Gasteiger partial charge in [0, 0.05) is 5.02 Å². The Morgan fingerprint density at radius 2 is 2.00 bits per heavy atom. The van der Waals surface area contributed by atoms with Gasteiger partial charge in [-0.2, -0.15) is 5.26 Å². The highest BCUT2D eigenvalue weighted by molar-refractivity contribution is 6.30. The quantitative estimate of drug-likeness (QED) is 0.732. The summed E-state index contributed by atoms with van der Waals surface area (Å²) in [6.45, 7) is 4.29. The summed E-state index contributed by atoms with van der Waals surface area (Å²) in [5, 5.41) is 9.61. The maximum Gasteiger partial charge on any atom is 0.0995 e. The molecule has 14 heavy (non-hydrogen) atoms. The fourth-order valence-electron chi connectivity index (χ4n) is 1.71. The van der Waals surface area contributed by atoms with E-state index in [2.05, 4.69) is 19.9 Å². The lowest BCUT2D eigenvalue weighted by molar-refractivity contribution is 0.640. The first kappa shape index (κ1) is 11.1. The molecular formula is C12H14ClN. The van der Waals surface area contributed by atoms with E-state index in [0.717, 1.165) is 18.4 Å². The first-order valence-corrected chi connectivity index (χ1v) is 5.30. The molecule has 2 heteroatoms. The molecule has 0 heterocycles. The van der Waals surface area contributed by atoms with Crippen LogP contribution in [0.2, 0.25) is 5.02 Å². The number of hydrogen-bond acceptors (Lipinski definition) is 1. The Hall–Kier alpha value is -1.00. The zero-order valence-electron chi connectivity index (χ0n) is 8.55. The van der Waals surface area contributed by atoms with Crippen LogP contribution >= 0.6 is 11.6 Å². The maximum atomic E-state index is 8.97. The fourth-order valence-corrected chi connectivity index (χ4v) is 1.88. The average molecular weight is 208 g/mol. The van der Waals surface area contributed by atoms with Gasteiger partial charge in [0.1, 0.15) is 0 Å². The molecular weight excluding hydrogens is 194 g/mol. The van der Waals surface area contributed by atoms with E-state index in [4.69, 9.17) is 16.9 Å². The molecule has 0 aliphatic heterocycles. The first-order valence-electron chi connectivity index (χ1n) is 4.92. The molecule has 0 unspecified atom stereocenters. The van der Waals surface area contributed by atoms with Crippen molar-refractivity contribution in [1.82, 2.24) is 0 Å². The highest BCUT2D eigenvalue weighted by Crippen LogP contribution is 2.27. The molecule has 0 radical (unpaired) electrons. The van der Waals surface area contributed by atoms with Gasteiger partial charge in [0.2, 0.25) is 0 Å². The van der Waals surface area contributed by atoms with E-state index in [1.807, 2.05) is 12.1 Å². The van der Waals surface area contributed by atoms with Crippen LogP contribution in [0.4, 0.5) is 0 Å². The third kappa shape index (κ3) is 2.27. The Labute approximate surface area is 90.3 Å². The van der Waals surface area contributed by atoms with Gasteiger partial charge < -0.3 is 0 Å². The second-order valence-corrected chi connectivity index (χ2v) is 3.79. The van der Waals surface area contributed by atoms with Crippen molar-refractivity contribution in [3.05, 3.63) is 34.3 Å². The molecule has 0 N–H and O–H groups in total. The van der Waals surface area contributed by atoms with Crippen LogP contribution < -0.4 is 0 Å². The Morgan fingerprint density at radius 1 is 1.36 bits per heavy atom. The summed E-state index contributed by atoms with van der Waals surface area (Å²) in [4.78, 5) is 0. The molecule has 0 aliphatic rings. The number of nitrogens with zero attached hydrogens (tertiary/aromatic N) is 1. The third-order valence-corrected chi connectivity index (χ3v) is 2.80. The number of hydrogen-bond donors (Lipinski definition) is 0. The minimum absolute atomic E-state index is 0.474. The van der Waals surface area contributed by atoms with E-state index >= 15 is 0 Å². The van der Waals surface area contributed by atoms with Crippen molar-refractivity contribution in [3.63, 3.8) is 0 Å². The van der Waals surface area contributed by atoms with E-state index < -0.39 is 0 Å². The molecule has 74 valence electrons. The molecule has 1 aromatic rings. The number of nitriles is 1. The molecule has 0 atom stereocenters. The van der Waals surface area contributed by atoms with Crippen LogP contribution in [0, 0.1) is 11.3 Å². The van der Waals surface area contributed by atoms with Crippen LogP contribution in [0.5, 0.6) is 0 Å². The van der Waals surface area contributed by atoms with E-state index in [1.165, 1.54) is 0 Å². The molecule has 1 aromatic carbocycles. The summed E-state index contributed by atoms with van der Waals surface area (Å²) in [6, 6.07) is 7.77. The molecule has 0 aromatic heterocycles. The van der Waals surface area contributed by atoms with E-state index in [-0.39, 0.29) is 0 Å². The third-order valence-electron chi connectivity index (χ3n) is 2.56. The summed E-state index contributed by atoms with van der Waals surface area (Å²) in [6.07, 6.45) is 2.12. The van der Waals surface area contributed by atoms with Gasteiger partial charge in [-0.05, 0) is 36.5 Å². The van der Waals surface area contributed by atoms with Gasteiger partial charge in [-0.3, -0.25) is 0 Å². The van der Waals surface area contributed by atoms with Crippen molar-refractivity contribution in [1.29, 1.82) is 5.26 Å². The van der Waals surface area contributed by atoms with Crippen molar-refractivity contribution < 1.29 is 0 Å². The largest absolute Gasteiger partial charge is 0.192 e. The smallest absolute Gasteiger partial charge is 0.0995 e. The molecule has 1 rings (SSSR count). The van der Waals surface area contributed by atoms with Gasteiger partial charge in [0.15, 0.2) is 0 Å². The monoisotopic (exact) mass is 207 g/mol. The molecule has 1 nitrogen and oxygen atoms in total. The highest BCUT2D eigenvalue weighted by Gasteiger charge is 2.11. The first-order chi connectivity index (χ1) is 6.72. The normalized spacial score (nSPS) is 10.2. The summed E-state index contributed by atoms with van der Waals surface area (Å²) in [5.41, 5.74) is 1.84. The number of rotatable bonds is 3. The minimum Gasteiger partial charge on any atom is -0.192 e. The van der Waals surface area contributed by atoms with Crippen LogP contribution in [0.15, 0.2) is 18.2 Å². The van der Waals surface area contributed by atoms with Crippen LogP contribution in [0.3, 0.4) is 0 Å². The summed E-state index contributed by atoms with van der Waals surface area (Å²) < 4.78 is 0. The van der Waals surface area contributed by atoms with Crippen LogP contribution in [-0.4, -0.2) is 0 Å². The van der Waals surface area contributed by atoms with Crippen LogP contribution in [0.1, 0.15) is 43.7 Å². The maximum absolute atomic E-state index is 8.97. The standard InChI is InChI=1S/C12H14ClN/c1-3-9(4-2)12-6-5-11(13)7-10(12)8-14/h5-7,9H,3-4H2,1-2H3. The molecule has 0 spiro atoms. The van der Waals surface area contributed by atoms with Crippen molar-refractivity contribution in [2.45, 2.75) is 32.6 Å². The van der Waals surface area contributed by atoms with Gasteiger partial charge >= 0.3 is 0 Å². The number of benzene rings is 1. The van der Waals surface area contributed by atoms with Gasteiger partial charge in [0.25, 0.3) is 0 Å². The SMILES string of the molecule is CCC(CC)c1ccc(Cl)cc1C#N. The fraction of sp³-hybridized carbons (Fsp3) is 0.417. The average Bonchev–Trinajstić information content (AvgIpc) is 2.21. The molecule has 0 aliphatic carbocycles. The van der Waals surface area contributed by atoms with E-state index in [0.29, 0.717) is 16.5 Å². The van der Waals surface area contributed by atoms with Crippen molar-refractivity contribution >= 4 is 11.6 Å². The second kappa shape index (κ2) is 5.02. The lowest BCUT2D eigenvalue weighted by Gasteiger charge is -2.14. The van der Waals surface area contributed by atoms with Crippen molar-refractivity contribution in [2.24, 2.45) is 0 Å². The Balaban J connectivity index is 3.14. The predicted octanol–water partition coefficient (Wildman–Crippen LogP) is 4.12. The molecule has 0 saturated carbocycles. The summed E-state index contributed by atoms with van der Waals surface area (Å²) >= 11 is 5.84. The summed E-state index contributed by atoms with van der Waals surface area (Å²) in [7, 11) is 0. The molecule has 0 fully saturated rings. The predicted molar refractivity (Wildman–Crippen MR) is 59.5 cm³/mol. The van der Waals surface area contributed by atoms with Crippen molar-refractivity contribution in [3.8, 4) is 6.07 Å². The summed E-state index contributed by atoms with van der Waals surface area (Å²) in [5.74, 6) is 0.474. The zero-order chi connectivity index (χ0) is 10.6. The van der Waals surface area contributed by atoms with E-state index in [1.54, 1.807) is 6.07 Å². The lowest BCUT2D eigenvalue weighted by Crippen LogP contribution is -1.98. The van der Waals surface area contributed by atoms with Gasteiger partial charge in [-0.25, -0.2) is 0 Å². The topological polar surface area (TPSA) is 23.8 Å². The zero-order valence-corrected chi connectivity index (χ0v) is 9.30. The molecule has 0 saturated heterocycles. The minimum atomic E-state index is 0.474. The lowest BCUT2D eigenvalue weighted by atomic mass is 9.90. The highest BCUT2D eigenvalue weighted by atomic mass is 35.5. The van der Waals surface area contributed by atoms with Gasteiger partial charge in [-0.1, -0.05) is 31.5 Å².